The van der Waals surface area contributed by atoms with Crippen molar-refractivity contribution in [1.82, 2.24) is 4.90 Å². The molecule has 0 amide bonds. The van der Waals surface area contributed by atoms with Crippen LogP contribution >= 0.6 is 11.6 Å². The second-order valence-corrected chi connectivity index (χ2v) is 6.71. The summed E-state index contributed by atoms with van der Waals surface area (Å²) < 4.78 is 18.3. The molecular formula is C17H25ClFNO2. The number of nitrogens with zero attached hydrogens (tertiary/aromatic N) is 1. The van der Waals surface area contributed by atoms with Crippen LogP contribution in [-0.2, 0) is 11.3 Å². The van der Waals surface area contributed by atoms with Gasteiger partial charge in [-0.05, 0) is 49.9 Å². The zero-order valence-corrected chi connectivity index (χ0v) is 13.9. The van der Waals surface area contributed by atoms with Crippen molar-refractivity contribution in [2.24, 2.45) is 5.41 Å². The number of piperidine rings is 1. The Morgan fingerprint density at radius 1 is 1.45 bits per heavy atom. The van der Waals surface area contributed by atoms with Gasteiger partial charge in [0.25, 0.3) is 0 Å². The molecule has 1 saturated heterocycles. The maximum absolute atomic E-state index is 13.1. The summed E-state index contributed by atoms with van der Waals surface area (Å²) in [5, 5.41) is 10.3. The van der Waals surface area contributed by atoms with Crippen LogP contribution in [0.25, 0.3) is 0 Å². The van der Waals surface area contributed by atoms with Crippen molar-refractivity contribution in [3.05, 3.63) is 34.6 Å². The number of hydrogen-bond donors (Lipinski definition) is 1. The van der Waals surface area contributed by atoms with E-state index in [1.54, 1.807) is 13.2 Å². The largest absolute Gasteiger partial charge is 0.396 e. The number of likely N-dealkylation sites (tertiary alicyclic amines) is 1. The molecule has 1 aliphatic heterocycles. The van der Waals surface area contributed by atoms with E-state index in [4.69, 9.17) is 16.3 Å². The Kier molecular flexibility index (Phi) is 6.63. The number of methoxy groups -OCH3 is 1. The molecule has 5 heteroatoms. The van der Waals surface area contributed by atoms with Crippen molar-refractivity contribution in [3.8, 4) is 0 Å². The number of ether oxygens (including phenoxy) is 1. The highest BCUT2D eigenvalue weighted by molar-refractivity contribution is 6.31. The summed E-state index contributed by atoms with van der Waals surface area (Å²) >= 11 is 6.12. The van der Waals surface area contributed by atoms with Gasteiger partial charge in [-0.3, -0.25) is 4.90 Å². The second-order valence-electron chi connectivity index (χ2n) is 6.30. The van der Waals surface area contributed by atoms with E-state index in [9.17, 15) is 9.50 Å². The number of aliphatic hydroxyl groups excluding tert-OH is 1. The van der Waals surface area contributed by atoms with Gasteiger partial charge in [0.05, 0.1) is 0 Å². The van der Waals surface area contributed by atoms with Crippen LogP contribution in [0.5, 0.6) is 0 Å². The fraction of sp³-hybridized carbons (Fsp3) is 0.647. The molecule has 1 aromatic carbocycles. The van der Waals surface area contributed by atoms with E-state index in [0.29, 0.717) is 11.6 Å². The fourth-order valence-corrected chi connectivity index (χ4v) is 3.57. The topological polar surface area (TPSA) is 32.7 Å². The molecule has 1 aromatic rings. The van der Waals surface area contributed by atoms with Gasteiger partial charge in [-0.25, -0.2) is 4.39 Å². The maximum atomic E-state index is 13.1. The van der Waals surface area contributed by atoms with Gasteiger partial charge in [0.1, 0.15) is 5.82 Å². The van der Waals surface area contributed by atoms with Gasteiger partial charge in [-0.1, -0.05) is 17.7 Å². The Morgan fingerprint density at radius 3 is 2.95 bits per heavy atom. The van der Waals surface area contributed by atoms with E-state index in [2.05, 4.69) is 4.90 Å². The summed E-state index contributed by atoms with van der Waals surface area (Å²) in [6, 6.07) is 4.56. The monoisotopic (exact) mass is 329 g/mol. The van der Waals surface area contributed by atoms with Gasteiger partial charge in [-0.2, -0.15) is 0 Å². The number of benzene rings is 1. The summed E-state index contributed by atoms with van der Waals surface area (Å²) in [5.41, 5.74) is 0.886. The molecule has 2 rings (SSSR count). The first kappa shape index (κ1) is 17.7. The molecule has 0 aliphatic carbocycles. The molecule has 3 nitrogen and oxygen atoms in total. The normalized spacial score (nSPS) is 22.9. The van der Waals surface area contributed by atoms with Crippen molar-refractivity contribution in [1.29, 1.82) is 0 Å². The van der Waals surface area contributed by atoms with E-state index in [0.717, 1.165) is 50.9 Å². The molecule has 1 unspecified atom stereocenters. The first-order chi connectivity index (χ1) is 10.6. The first-order valence-electron chi connectivity index (χ1n) is 7.85. The highest BCUT2D eigenvalue weighted by Gasteiger charge is 2.34. The maximum Gasteiger partial charge on any atom is 0.124 e. The van der Waals surface area contributed by atoms with Gasteiger partial charge in [0, 0.05) is 43.9 Å². The average Bonchev–Trinajstić information content (AvgIpc) is 2.51. The number of aliphatic hydroxyl groups is 1. The van der Waals surface area contributed by atoms with E-state index in [-0.39, 0.29) is 17.8 Å². The summed E-state index contributed by atoms with van der Waals surface area (Å²) in [5.74, 6) is -0.309. The first-order valence-corrected chi connectivity index (χ1v) is 8.22. The van der Waals surface area contributed by atoms with Crippen molar-refractivity contribution in [3.63, 3.8) is 0 Å². The van der Waals surface area contributed by atoms with Crippen LogP contribution in [0.1, 0.15) is 31.2 Å². The third kappa shape index (κ3) is 4.66. The van der Waals surface area contributed by atoms with Crippen molar-refractivity contribution >= 4 is 11.6 Å². The summed E-state index contributed by atoms with van der Waals surface area (Å²) in [4.78, 5) is 2.31. The van der Waals surface area contributed by atoms with Crippen LogP contribution in [0, 0.1) is 11.2 Å². The Hall–Kier alpha value is -0.680. The molecule has 1 fully saturated rings. The lowest BCUT2D eigenvalue weighted by atomic mass is 9.77. The Balaban J connectivity index is 1.99. The van der Waals surface area contributed by atoms with Crippen LogP contribution in [0.4, 0.5) is 4.39 Å². The van der Waals surface area contributed by atoms with Crippen LogP contribution in [0.3, 0.4) is 0 Å². The van der Waals surface area contributed by atoms with Crippen molar-refractivity contribution < 1.29 is 14.2 Å². The summed E-state index contributed by atoms with van der Waals surface area (Å²) in [7, 11) is 1.70. The SMILES string of the molecule is COCCCC1(CO)CCCN(Cc2ccc(F)cc2Cl)C1. The molecule has 1 aliphatic rings. The fourth-order valence-electron chi connectivity index (χ4n) is 3.34. The molecule has 1 heterocycles. The molecule has 1 atom stereocenters. The van der Waals surface area contributed by atoms with Crippen LogP contribution in [0.15, 0.2) is 18.2 Å². The predicted octanol–water partition coefficient (Wildman–Crippen LogP) is 3.48. The zero-order chi connectivity index (χ0) is 16.0. The molecule has 0 bridgehead atoms. The number of halogens is 2. The van der Waals surface area contributed by atoms with E-state index >= 15 is 0 Å². The van der Waals surface area contributed by atoms with Gasteiger partial charge in [0.15, 0.2) is 0 Å². The number of hydrogen-bond acceptors (Lipinski definition) is 3. The predicted molar refractivity (Wildman–Crippen MR) is 86.5 cm³/mol. The molecule has 0 spiro atoms. The van der Waals surface area contributed by atoms with Crippen LogP contribution < -0.4 is 0 Å². The average molecular weight is 330 g/mol. The second kappa shape index (κ2) is 8.25. The minimum Gasteiger partial charge on any atom is -0.396 e. The lowest BCUT2D eigenvalue weighted by Crippen LogP contribution is -2.45. The summed E-state index contributed by atoms with van der Waals surface area (Å²) in [6.45, 7) is 3.46. The van der Waals surface area contributed by atoms with Crippen molar-refractivity contribution in [2.75, 3.05) is 33.4 Å². The van der Waals surface area contributed by atoms with Gasteiger partial charge < -0.3 is 9.84 Å². The quantitative estimate of drug-likeness (QED) is 0.777. The molecule has 1 N–H and O–H groups in total. The smallest absolute Gasteiger partial charge is 0.124 e. The van der Waals surface area contributed by atoms with Crippen LogP contribution in [0.2, 0.25) is 5.02 Å². The minimum atomic E-state index is -0.309. The number of rotatable bonds is 7. The molecule has 0 saturated carbocycles. The Labute approximate surface area is 137 Å². The Bertz CT molecular complexity index is 486. The molecule has 0 aromatic heterocycles. The van der Waals surface area contributed by atoms with Gasteiger partial charge in [-0.15, -0.1) is 0 Å². The molecule has 124 valence electrons. The highest BCUT2D eigenvalue weighted by atomic mass is 35.5. The molecule has 22 heavy (non-hydrogen) atoms. The lowest BCUT2D eigenvalue weighted by Gasteiger charge is -2.42. The van der Waals surface area contributed by atoms with E-state index < -0.39 is 0 Å². The third-order valence-corrected chi connectivity index (χ3v) is 4.89. The van der Waals surface area contributed by atoms with Crippen LogP contribution in [-0.4, -0.2) is 43.4 Å². The highest BCUT2D eigenvalue weighted by Crippen LogP contribution is 2.35. The van der Waals surface area contributed by atoms with E-state index in [1.807, 2.05) is 0 Å². The zero-order valence-electron chi connectivity index (χ0n) is 13.2. The minimum absolute atomic E-state index is 0.0523. The van der Waals surface area contributed by atoms with Gasteiger partial charge >= 0.3 is 0 Å². The Morgan fingerprint density at radius 2 is 2.27 bits per heavy atom. The van der Waals surface area contributed by atoms with E-state index in [1.165, 1.54) is 12.1 Å². The van der Waals surface area contributed by atoms with Crippen molar-refractivity contribution in [2.45, 2.75) is 32.2 Å². The van der Waals surface area contributed by atoms with Gasteiger partial charge in [0.2, 0.25) is 0 Å². The molecular weight excluding hydrogens is 305 g/mol. The third-order valence-electron chi connectivity index (χ3n) is 4.54. The molecule has 0 radical (unpaired) electrons. The lowest BCUT2D eigenvalue weighted by molar-refractivity contribution is 0.0158. The summed E-state index contributed by atoms with van der Waals surface area (Å²) in [6.07, 6.45) is 4.03. The standard InChI is InChI=1S/C17H25ClFNO2/c1-22-9-3-7-17(13-21)6-2-8-20(12-17)11-14-4-5-15(19)10-16(14)18/h4-5,10,21H,2-3,6-9,11-13H2,1H3.